The van der Waals surface area contributed by atoms with Crippen molar-refractivity contribution in [1.29, 1.82) is 5.26 Å². The molecule has 1 aliphatic rings. The van der Waals surface area contributed by atoms with E-state index in [1.165, 1.54) is 0 Å². The summed E-state index contributed by atoms with van der Waals surface area (Å²) in [5, 5.41) is 9.77. The largest absolute Gasteiger partial charge is 0.369 e. The molecule has 22 heavy (non-hydrogen) atoms. The van der Waals surface area contributed by atoms with Crippen LogP contribution in [-0.4, -0.2) is 47.0 Å². The third kappa shape index (κ3) is 2.39. The van der Waals surface area contributed by atoms with E-state index in [9.17, 15) is 4.79 Å². The molecule has 2 atom stereocenters. The van der Waals surface area contributed by atoms with Crippen molar-refractivity contribution in [2.24, 2.45) is 5.92 Å². The van der Waals surface area contributed by atoms with E-state index < -0.39 is 0 Å². The lowest BCUT2D eigenvalue weighted by Crippen LogP contribution is -2.38. The van der Waals surface area contributed by atoms with Crippen molar-refractivity contribution in [1.82, 2.24) is 14.9 Å². The first-order valence-electron chi connectivity index (χ1n) is 7.41. The predicted molar refractivity (Wildman–Crippen MR) is 84.3 cm³/mol. The van der Waals surface area contributed by atoms with Crippen LogP contribution in [0, 0.1) is 17.2 Å². The molecule has 0 saturated carbocycles. The van der Waals surface area contributed by atoms with Crippen molar-refractivity contribution in [2.75, 3.05) is 25.0 Å². The van der Waals surface area contributed by atoms with E-state index in [0.717, 1.165) is 16.7 Å². The number of aromatic amines is 1. The fraction of sp³-hybridized carbons (Fsp3) is 0.438. The molecule has 1 amide bonds. The summed E-state index contributed by atoms with van der Waals surface area (Å²) in [6.07, 6.45) is 3.64. The first-order valence-corrected chi connectivity index (χ1v) is 7.41. The number of pyridine rings is 1. The van der Waals surface area contributed by atoms with Crippen LogP contribution >= 0.6 is 0 Å². The van der Waals surface area contributed by atoms with E-state index in [2.05, 4.69) is 28.8 Å². The molecule has 1 aliphatic heterocycles. The summed E-state index contributed by atoms with van der Waals surface area (Å²) in [5.41, 5.74) is 1.98. The summed E-state index contributed by atoms with van der Waals surface area (Å²) in [7, 11) is 2.06. The topological polar surface area (TPSA) is 76.0 Å². The molecule has 0 bridgehead atoms. The number of likely N-dealkylation sites (N-methyl/N-ethyl adjacent to an activating group) is 1. The lowest BCUT2D eigenvalue weighted by Gasteiger charge is -2.29. The van der Waals surface area contributed by atoms with Gasteiger partial charge in [-0.3, -0.25) is 4.79 Å². The van der Waals surface area contributed by atoms with Gasteiger partial charge in [0.05, 0.1) is 12.1 Å². The van der Waals surface area contributed by atoms with Crippen LogP contribution in [0.2, 0.25) is 0 Å². The lowest BCUT2D eigenvalue weighted by atomic mass is 10.0. The normalized spacial score (nSPS) is 21.0. The van der Waals surface area contributed by atoms with Gasteiger partial charge in [0.15, 0.2) is 0 Å². The van der Waals surface area contributed by atoms with Crippen LogP contribution in [0.4, 0.5) is 5.69 Å². The molecule has 2 unspecified atom stereocenters. The minimum atomic E-state index is -0.0771. The molecular formula is C16H19N5O. The van der Waals surface area contributed by atoms with Crippen molar-refractivity contribution in [3.05, 3.63) is 24.5 Å². The fourth-order valence-corrected chi connectivity index (χ4v) is 3.27. The average molecular weight is 297 g/mol. The number of hydrogen-bond acceptors (Lipinski definition) is 4. The molecule has 1 N–H and O–H groups in total. The quantitative estimate of drug-likeness (QED) is 0.936. The van der Waals surface area contributed by atoms with Gasteiger partial charge < -0.3 is 14.8 Å². The molecule has 1 saturated heterocycles. The first-order chi connectivity index (χ1) is 10.6. The Morgan fingerprint density at radius 1 is 1.55 bits per heavy atom. The molecule has 3 rings (SSSR count). The van der Waals surface area contributed by atoms with E-state index >= 15 is 0 Å². The second kappa shape index (κ2) is 5.68. The Hall–Kier alpha value is -2.55. The maximum atomic E-state index is 11.9. The molecule has 3 heterocycles. The number of likely N-dealkylation sites (tertiary alicyclic amines) is 1. The molecule has 1 fully saturated rings. The molecule has 0 radical (unpaired) electrons. The Balaban J connectivity index is 1.83. The smallest absolute Gasteiger partial charge is 0.236 e. The van der Waals surface area contributed by atoms with Crippen LogP contribution in [0.15, 0.2) is 24.5 Å². The standard InChI is InChI=1S/C16H19N5O/c1-11-9-21(15(22)3-6-17)10-14(11)20(2)13-5-8-19-16-12(13)4-7-18-16/h4-5,7-8,11,14H,3,9-10H2,1-2H3,(H,18,19). The number of nitrogens with one attached hydrogen (secondary N) is 1. The number of hydrogen-bond donors (Lipinski definition) is 1. The number of aromatic nitrogens is 2. The van der Waals surface area contributed by atoms with Crippen LogP contribution in [0.3, 0.4) is 0 Å². The van der Waals surface area contributed by atoms with Crippen LogP contribution in [-0.2, 0) is 4.79 Å². The van der Waals surface area contributed by atoms with Gasteiger partial charge in [-0.25, -0.2) is 4.98 Å². The van der Waals surface area contributed by atoms with Crippen LogP contribution in [0.1, 0.15) is 13.3 Å². The molecule has 6 heteroatoms. The van der Waals surface area contributed by atoms with Gasteiger partial charge >= 0.3 is 0 Å². The number of fused-ring (bicyclic) bond motifs is 1. The minimum absolute atomic E-state index is 0.0412. The summed E-state index contributed by atoms with van der Waals surface area (Å²) in [6, 6.07) is 6.20. The van der Waals surface area contributed by atoms with Gasteiger partial charge in [-0.15, -0.1) is 0 Å². The van der Waals surface area contributed by atoms with Gasteiger partial charge in [-0.05, 0) is 18.1 Å². The molecule has 2 aromatic heterocycles. The number of nitriles is 1. The van der Waals surface area contributed by atoms with Gasteiger partial charge in [0.2, 0.25) is 5.91 Å². The second-order valence-electron chi connectivity index (χ2n) is 5.86. The third-order valence-electron chi connectivity index (χ3n) is 4.47. The number of rotatable bonds is 3. The second-order valence-corrected chi connectivity index (χ2v) is 5.86. The highest BCUT2D eigenvalue weighted by Gasteiger charge is 2.35. The highest BCUT2D eigenvalue weighted by atomic mass is 16.2. The molecule has 2 aromatic rings. The molecular weight excluding hydrogens is 278 g/mol. The number of carbonyl (C=O) groups is 1. The van der Waals surface area contributed by atoms with Crippen LogP contribution in [0.25, 0.3) is 11.0 Å². The van der Waals surface area contributed by atoms with Crippen molar-refractivity contribution in [2.45, 2.75) is 19.4 Å². The summed E-state index contributed by atoms with van der Waals surface area (Å²) in [4.78, 5) is 23.4. The molecule has 0 aliphatic carbocycles. The summed E-state index contributed by atoms with van der Waals surface area (Å²) >= 11 is 0. The van der Waals surface area contributed by atoms with Gasteiger partial charge in [0.1, 0.15) is 12.1 Å². The van der Waals surface area contributed by atoms with Crippen molar-refractivity contribution in [3.8, 4) is 6.07 Å². The lowest BCUT2D eigenvalue weighted by molar-refractivity contribution is -0.129. The Labute approximate surface area is 129 Å². The fourth-order valence-electron chi connectivity index (χ4n) is 3.27. The van der Waals surface area contributed by atoms with E-state index in [1.54, 1.807) is 11.1 Å². The van der Waals surface area contributed by atoms with E-state index in [4.69, 9.17) is 5.26 Å². The van der Waals surface area contributed by atoms with Gasteiger partial charge in [0, 0.05) is 43.6 Å². The predicted octanol–water partition coefficient (Wildman–Crippen LogP) is 1.76. The Bertz CT molecular complexity index is 731. The number of amides is 1. The minimum Gasteiger partial charge on any atom is -0.369 e. The Morgan fingerprint density at radius 2 is 2.36 bits per heavy atom. The van der Waals surface area contributed by atoms with E-state index in [1.807, 2.05) is 24.4 Å². The van der Waals surface area contributed by atoms with E-state index in [-0.39, 0.29) is 18.4 Å². The third-order valence-corrected chi connectivity index (χ3v) is 4.47. The van der Waals surface area contributed by atoms with Crippen LogP contribution < -0.4 is 4.90 Å². The average Bonchev–Trinajstić information content (AvgIpc) is 3.12. The summed E-state index contributed by atoms with van der Waals surface area (Å²) < 4.78 is 0. The highest BCUT2D eigenvalue weighted by molar-refractivity contribution is 5.89. The number of nitrogens with zero attached hydrogens (tertiary/aromatic N) is 4. The highest BCUT2D eigenvalue weighted by Crippen LogP contribution is 2.30. The summed E-state index contributed by atoms with van der Waals surface area (Å²) in [5.74, 6) is 0.279. The van der Waals surface area contributed by atoms with Crippen LogP contribution in [0.5, 0.6) is 0 Å². The zero-order valence-electron chi connectivity index (χ0n) is 12.8. The molecule has 0 aromatic carbocycles. The first kappa shape index (κ1) is 14.4. The number of carbonyl (C=O) groups excluding carboxylic acids is 1. The molecule has 0 spiro atoms. The number of H-pyrrole nitrogens is 1. The summed E-state index contributed by atoms with van der Waals surface area (Å²) in [6.45, 7) is 3.51. The zero-order valence-corrected chi connectivity index (χ0v) is 12.8. The maximum Gasteiger partial charge on any atom is 0.236 e. The Morgan fingerprint density at radius 3 is 3.14 bits per heavy atom. The van der Waals surface area contributed by atoms with Crippen molar-refractivity contribution in [3.63, 3.8) is 0 Å². The monoisotopic (exact) mass is 297 g/mol. The zero-order chi connectivity index (χ0) is 15.7. The molecule has 6 nitrogen and oxygen atoms in total. The SMILES string of the molecule is CC1CN(C(=O)CC#N)CC1N(C)c1ccnc2[nH]ccc12. The number of anilines is 1. The van der Waals surface area contributed by atoms with Crippen molar-refractivity contribution >= 4 is 22.6 Å². The van der Waals surface area contributed by atoms with Gasteiger partial charge in [0.25, 0.3) is 0 Å². The molecule has 114 valence electrons. The maximum absolute atomic E-state index is 11.9. The van der Waals surface area contributed by atoms with Gasteiger partial charge in [-0.1, -0.05) is 6.92 Å². The Kier molecular flexibility index (Phi) is 3.72. The van der Waals surface area contributed by atoms with E-state index in [0.29, 0.717) is 19.0 Å². The van der Waals surface area contributed by atoms with Gasteiger partial charge in [-0.2, -0.15) is 5.26 Å². The van der Waals surface area contributed by atoms with Crippen molar-refractivity contribution < 1.29 is 4.79 Å².